The molecular weight excluding hydrogens is 388 g/mol. The molecule has 2 aromatic carbocycles. The molecule has 0 spiro atoms. The SMILES string of the molecule is O=C(O)CCCCCN1CCC(C(O)(c2ccc(F)cc2)c2ccc(F)cc2)CC1. The van der Waals surface area contributed by atoms with Gasteiger partial charge in [-0.2, -0.15) is 0 Å². The molecule has 0 aromatic heterocycles. The zero-order valence-corrected chi connectivity index (χ0v) is 17.1. The van der Waals surface area contributed by atoms with Crippen LogP contribution < -0.4 is 0 Å². The Labute approximate surface area is 176 Å². The number of carboxylic acid groups (broad SMARTS) is 1. The van der Waals surface area contributed by atoms with E-state index in [2.05, 4.69) is 4.90 Å². The van der Waals surface area contributed by atoms with E-state index in [-0.39, 0.29) is 24.0 Å². The summed E-state index contributed by atoms with van der Waals surface area (Å²) in [5, 5.41) is 20.5. The second kappa shape index (κ2) is 10.1. The molecule has 4 nitrogen and oxygen atoms in total. The van der Waals surface area contributed by atoms with Gasteiger partial charge in [0.1, 0.15) is 17.2 Å². The quantitative estimate of drug-likeness (QED) is 0.588. The molecule has 3 rings (SSSR count). The maximum atomic E-state index is 13.5. The number of hydrogen-bond acceptors (Lipinski definition) is 3. The third kappa shape index (κ3) is 5.43. The summed E-state index contributed by atoms with van der Waals surface area (Å²) in [6.07, 6.45) is 4.28. The summed E-state index contributed by atoms with van der Waals surface area (Å²) >= 11 is 0. The summed E-state index contributed by atoms with van der Waals surface area (Å²) in [4.78, 5) is 12.9. The van der Waals surface area contributed by atoms with Gasteiger partial charge in [-0.25, -0.2) is 8.78 Å². The van der Waals surface area contributed by atoms with Crippen LogP contribution in [0.2, 0.25) is 0 Å². The molecule has 30 heavy (non-hydrogen) atoms. The predicted molar refractivity (Wildman–Crippen MR) is 111 cm³/mol. The van der Waals surface area contributed by atoms with Crippen LogP contribution in [0.4, 0.5) is 8.78 Å². The molecule has 0 amide bonds. The first-order valence-corrected chi connectivity index (χ1v) is 10.6. The topological polar surface area (TPSA) is 60.8 Å². The lowest BCUT2D eigenvalue weighted by atomic mass is 9.72. The first-order valence-electron chi connectivity index (χ1n) is 10.6. The van der Waals surface area contributed by atoms with Crippen LogP contribution in [0, 0.1) is 17.6 Å². The van der Waals surface area contributed by atoms with Crippen LogP contribution in [0.15, 0.2) is 48.5 Å². The van der Waals surface area contributed by atoms with Gasteiger partial charge in [-0.15, -0.1) is 0 Å². The van der Waals surface area contributed by atoms with Gasteiger partial charge in [0, 0.05) is 6.42 Å². The molecule has 1 aliphatic heterocycles. The Morgan fingerprint density at radius 3 is 1.87 bits per heavy atom. The molecule has 0 saturated carbocycles. The zero-order valence-electron chi connectivity index (χ0n) is 17.1. The summed E-state index contributed by atoms with van der Waals surface area (Å²) in [6, 6.07) is 11.8. The molecule has 2 N–H and O–H groups in total. The molecule has 0 radical (unpaired) electrons. The number of rotatable bonds is 9. The number of piperidine rings is 1. The Morgan fingerprint density at radius 2 is 1.40 bits per heavy atom. The third-order valence-corrected chi connectivity index (χ3v) is 6.11. The maximum Gasteiger partial charge on any atom is 0.303 e. The van der Waals surface area contributed by atoms with E-state index in [4.69, 9.17) is 5.11 Å². The van der Waals surface area contributed by atoms with Crippen molar-refractivity contribution >= 4 is 5.97 Å². The molecule has 162 valence electrons. The highest BCUT2D eigenvalue weighted by Crippen LogP contribution is 2.42. The Balaban J connectivity index is 1.68. The standard InChI is InChI=1S/C24H29F2NO3/c25-21-9-5-18(6-10-21)24(30,19-7-11-22(26)12-8-19)20-13-16-27(17-14-20)15-3-1-2-4-23(28)29/h5-12,20,30H,1-4,13-17H2,(H,28,29). The van der Waals surface area contributed by atoms with Crippen LogP contribution in [-0.4, -0.2) is 40.7 Å². The average molecular weight is 417 g/mol. The van der Waals surface area contributed by atoms with Crippen molar-refractivity contribution in [2.24, 2.45) is 5.92 Å². The number of unbranched alkanes of at least 4 members (excludes halogenated alkanes) is 2. The second-order valence-electron chi connectivity index (χ2n) is 8.10. The minimum atomic E-state index is -1.31. The van der Waals surface area contributed by atoms with E-state index in [1.807, 2.05) is 0 Å². The Hall–Kier alpha value is -2.31. The number of hydrogen-bond donors (Lipinski definition) is 2. The summed E-state index contributed by atoms with van der Waals surface area (Å²) in [5.41, 5.74) is -0.0834. The normalized spacial score (nSPS) is 16.0. The fraction of sp³-hybridized carbons (Fsp3) is 0.458. The van der Waals surface area contributed by atoms with E-state index < -0.39 is 11.6 Å². The fourth-order valence-electron chi connectivity index (χ4n) is 4.41. The van der Waals surface area contributed by atoms with Crippen molar-refractivity contribution in [3.63, 3.8) is 0 Å². The van der Waals surface area contributed by atoms with Gasteiger partial charge in [0.05, 0.1) is 0 Å². The van der Waals surface area contributed by atoms with Gasteiger partial charge in [0.15, 0.2) is 0 Å². The van der Waals surface area contributed by atoms with E-state index in [1.54, 1.807) is 24.3 Å². The van der Waals surface area contributed by atoms with E-state index in [1.165, 1.54) is 24.3 Å². The Bertz CT molecular complexity index is 770. The van der Waals surface area contributed by atoms with Crippen molar-refractivity contribution in [2.45, 2.75) is 44.1 Å². The molecule has 0 atom stereocenters. The van der Waals surface area contributed by atoms with E-state index in [9.17, 15) is 18.7 Å². The molecule has 1 saturated heterocycles. The van der Waals surface area contributed by atoms with Crippen LogP contribution in [0.3, 0.4) is 0 Å². The van der Waals surface area contributed by atoms with Gasteiger partial charge in [-0.1, -0.05) is 30.7 Å². The van der Waals surface area contributed by atoms with Crippen molar-refractivity contribution in [3.8, 4) is 0 Å². The number of aliphatic carboxylic acids is 1. The summed E-state index contributed by atoms with van der Waals surface area (Å²) in [5.74, 6) is -1.55. The van der Waals surface area contributed by atoms with Crippen LogP contribution in [0.25, 0.3) is 0 Å². The maximum absolute atomic E-state index is 13.5. The molecule has 1 fully saturated rings. The van der Waals surface area contributed by atoms with Crippen molar-refractivity contribution < 1.29 is 23.8 Å². The Morgan fingerprint density at radius 1 is 0.900 bits per heavy atom. The highest BCUT2D eigenvalue weighted by molar-refractivity contribution is 5.66. The van der Waals surface area contributed by atoms with E-state index in [0.29, 0.717) is 17.5 Å². The average Bonchev–Trinajstić information content (AvgIpc) is 2.74. The highest BCUT2D eigenvalue weighted by atomic mass is 19.1. The summed E-state index contributed by atoms with van der Waals surface area (Å²) < 4.78 is 26.9. The van der Waals surface area contributed by atoms with Crippen LogP contribution in [0.1, 0.15) is 49.7 Å². The number of likely N-dealkylation sites (tertiary alicyclic amines) is 1. The fourth-order valence-corrected chi connectivity index (χ4v) is 4.41. The third-order valence-electron chi connectivity index (χ3n) is 6.11. The van der Waals surface area contributed by atoms with Crippen LogP contribution >= 0.6 is 0 Å². The number of carboxylic acids is 1. The second-order valence-corrected chi connectivity index (χ2v) is 8.10. The summed E-state index contributed by atoms with van der Waals surface area (Å²) in [7, 11) is 0. The number of carbonyl (C=O) groups is 1. The lowest BCUT2D eigenvalue weighted by Crippen LogP contribution is -2.44. The van der Waals surface area contributed by atoms with Gasteiger partial charge in [-0.3, -0.25) is 4.79 Å². The molecule has 0 bridgehead atoms. The molecule has 0 unspecified atom stereocenters. The zero-order chi connectivity index (χ0) is 21.6. The van der Waals surface area contributed by atoms with Gasteiger partial charge < -0.3 is 15.1 Å². The summed E-state index contributed by atoms with van der Waals surface area (Å²) in [6.45, 7) is 2.57. The first kappa shape index (κ1) is 22.4. The minimum Gasteiger partial charge on any atom is -0.481 e. The van der Waals surface area contributed by atoms with Gasteiger partial charge in [0.25, 0.3) is 0 Å². The Kier molecular flexibility index (Phi) is 7.56. The predicted octanol–water partition coefficient (Wildman–Crippen LogP) is 4.56. The smallest absolute Gasteiger partial charge is 0.303 e. The largest absolute Gasteiger partial charge is 0.481 e. The molecule has 2 aromatic rings. The highest BCUT2D eigenvalue weighted by Gasteiger charge is 2.41. The molecule has 0 aliphatic carbocycles. The molecule has 6 heteroatoms. The first-order chi connectivity index (χ1) is 14.4. The monoisotopic (exact) mass is 417 g/mol. The van der Waals surface area contributed by atoms with Gasteiger partial charge in [0.2, 0.25) is 0 Å². The van der Waals surface area contributed by atoms with Crippen molar-refractivity contribution in [1.82, 2.24) is 4.90 Å². The number of benzene rings is 2. The number of halogens is 2. The lowest BCUT2D eigenvalue weighted by Gasteiger charge is -2.42. The van der Waals surface area contributed by atoms with Gasteiger partial charge >= 0.3 is 5.97 Å². The molecule has 1 aliphatic rings. The van der Waals surface area contributed by atoms with Crippen LogP contribution in [-0.2, 0) is 10.4 Å². The molecular formula is C24H29F2NO3. The van der Waals surface area contributed by atoms with Crippen molar-refractivity contribution in [3.05, 3.63) is 71.3 Å². The number of aliphatic hydroxyl groups is 1. The minimum absolute atomic E-state index is 0.0725. The van der Waals surface area contributed by atoms with Crippen LogP contribution in [0.5, 0.6) is 0 Å². The lowest BCUT2D eigenvalue weighted by molar-refractivity contribution is -0.137. The van der Waals surface area contributed by atoms with E-state index >= 15 is 0 Å². The van der Waals surface area contributed by atoms with E-state index in [0.717, 1.165) is 45.3 Å². The van der Waals surface area contributed by atoms with Crippen molar-refractivity contribution in [2.75, 3.05) is 19.6 Å². The van der Waals surface area contributed by atoms with Crippen molar-refractivity contribution in [1.29, 1.82) is 0 Å². The van der Waals surface area contributed by atoms with Gasteiger partial charge in [-0.05, 0) is 86.6 Å². The molecule has 1 heterocycles. The number of nitrogens with zero attached hydrogens (tertiary/aromatic N) is 1.